The zero-order valence-corrected chi connectivity index (χ0v) is 12.7. The minimum atomic E-state index is -4.62. The molecule has 0 spiro atoms. The number of amides is 1. The molecule has 0 aliphatic carbocycles. The number of hydrogen-bond donors (Lipinski definition) is 1. The van der Waals surface area contributed by atoms with E-state index in [1.165, 1.54) is 6.92 Å². The molecule has 0 radical (unpaired) electrons. The van der Waals surface area contributed by atoms with Crippen molar-refractivity contribution in [1.82, 2.24) is 0 Å². The van der Waals surface area contributed by atoms with Gasteiger partial charge in [-0.15, -0.1) is 0 Å². The molecule has 2 rings (SSSR count). The third-order valence-corrected chi connectivity index (χ3v) is 3.26. The van der Waals surface area contributed by atoms with Crippen molar-refractivity contribution in [2.75, 3.05) is 5.32 Å². The molecule has 0 fully saturated rings. The normalized spacial score (nSPS) is 12.7. The largest absolute Gasteiger partial charge is 0.416 e. The molecule has 2 aromatic carbocycles. The van der Waals surface area contributed by atoms with Gasteiger partial charge in [-0.2, -0.15) is 13.2 Å². The predicted octanol–water partition coefficient (Wildman–Crippen LogP) is 4.39. The number of nitrogens with one attached hydrogen (secondary N) is 1. The Morgan fingerprint density at radius 3 is 2.46 bits per heavy atom. The summed E-state index contributed by atoms with van der Waals surface area (Å²) >= 11 is 0. The molecule has 1 unspecified atom stereocenters. The molecule has 0 saturated carbocycles. The topological polar surface area (TPSA) is 38.3 Å². The lowest BCUT2D eigenvalue weighted by Gasteiger charge is -2.15. The maximum atomic E-state index is 13.6. The molecule has 0 aromatic heterocycles. The second-order valence-electron chi connectivity index (χ2n) is 5.12. The number of hydrogen-bond acceptors (Lipinski definition) is 2. The minimum Gasteiger partial charge on any atom is -0.364 e. The molecule has 2 aromatic rings. The second-order valence-corrected chi connectivity index (χ2v) is 5.12. The third-order valence-electron chi connectivity index (χ3n) is 3.26. The summed E-state index contributed by atoms with van der Waals surface area (Å²) in [6, 6.07) is 10.9. The van der Waals surface area contributed by atoms with E-state index in [-0.39, 0.29) is 6.61 Å². The smallest absolute Gasteiger partial charge is 0.364 e. The Balaban J connectivity index is 2.01. The average molecular weight is 341 g/mol. The maximum absolute atomic E-state index is 13.6. The van der Waals surface area contributed by atoms with Crippen molar-refractivity contribution in [1.29, 1.82) is 0 Å². The van der Waals surface area contributed by atoms with Crippen LogP contribution in [0.15, 0.2) is 48.5 Å². The molecule has 0 saturated heterocycles. The fourth-order valence-corrected chi connectivity index (χ4v) is 1.90. The van der Waals surface area contributed by atoms with Gasteiger partial charge < -0.3 is 10.1 Å². The van der Waals surface area contributed by atoms with Crippen molar-refractivity contribution in [3.05, 3.63) is 65.5 Å². The first-order valence-corrected chi connectivity index (χ1v) is 7.10. The van der Waals surface area contributed by atoms with Crippen molar-refractivity contribution in [3.8, 4) is 0 Å². The molecule has 1 N–H and O–H groups in total. The molecule has 24 heavy (non-hydrogen) atoms. The standard InChI is InChI=1S/C17H15F4NO2/c1-11(24-10-12-5-3-2-4-6-12)16(23)22-15-9-13(17(19,20)21)7-8-14(15)18/h2-9,11H,10H2,1H3,(H,22,23). The molecule has 128 valence electrons. The number of ether oxygens (including phenoxy) is 1. The van der Waals surface area contributed by atoms with Gasteiger partial charge in [-0.25, -0.2) is 4.39 Å². The first-order chi connectivity index (χ1) is 11.3. The zero-order valence-electron chi connectivity index (χ0n) is 12.7. The van der Waals surface area contributed by atoms with E-state index in [1.807, 2.05) is 6.07 Å². The SMILES string of the molecule is CC(OCc1ccccc1)C(=O)Nc1cc(C(F)(F)F)ccc1F. The Labute approximate surface area is 136 Å². The summed E-state index contributed by atoms with van der Waals surface area (Å²) < 4.78 is 56.9. The first kappa shape index (κ1) is 17.9. The molecule has 1 amide bonds. The summed E-state index contributed by atoms with van der Waals surface area (Å²) in [6.45, 7) is 1.59. The fourth-order valence-electron chi connectivity index (χ4n) is 1.90. The van der Waals surface area contributed by atoms with Gasteiger partial charge in [0.2, 0.25) is 0 Å². The summed E-state index contributed by atoms with van der Waals surface area (Å²) in [5.74, 6) is -1.68. The van der Waals surface area contributed by atoms with Gasteiger partial charge in [0.15, 0.2) is 0 Å². The van der Waals surface area contributed by atoms with E-state index < -0.39 is 35.3 Å². The van der Waals surface area contributed by atoms with Crippen LogP contribution in [0.1, 0.15) is 18.1 Å². The van der Waals surface area contributed by atoms with Crippen molar-refractivity contribution >= 4 is 11.6 Å². The molecule has 0 bridgehead atoms. The van der Waals surface area contributed by atoms with Crippen molar-refractivity contribution in [3.63, 3.8) is 0 Å². The lowest BCUT2D eigenvalue weighted by molar-refractivity contribution is -0.137. The van der Waals surface area contributed by atoms with E-state index in [4.69, 9.17) is 4.74 Å². The van der Waals surface area contributed by atoms with Gasteiger partial charge in [-0.3, -0.25) is 4.79 Å². The van der Waals surface area contributed by atoms with Crippen LogP contribution in [0, 0.1) is 5.82 Å². The number of anilines is 1. The summed E-state index contributed by atoms with van der Waals surface area (Å²) in [5.41, 5.74) is -0.746. The molecule has 0 aliphatic rings. The quantitative estimate of drug-likeness (QED) is 0.819. The highest BCUT2D eigenvalue weighted by Crippen LogP contribution is 2.31. The van der Waals surface area contributed by atoms with Gasteiger partial charge >= 0.3 is 6.18 Å². The third kappa shape index (κ3) is 4.79. The second kappa shape index (κ2) is 7.44. The minimum absolute atomic E-state index is 0.153. The lowest BCUT2D eigenvalue weighted by atomic mass is 10.2. The molecule has 0 aliphatic heterocycles. The van der Waals surface area contributed by atoms with E-state index in [2.05, 4.69) is 5.32 Å². The summed E-state index contributed by atoms with van der Waals surface area (Å²) in [5, 5.41) is 2.12. The van der Waals surface area contributed by atoms with Crippen molar-refractivity contribution in [2.24, 2.45) is 0 Å². The van der Waals surface area contributed by atoms with E-state index in [9.17, 15) is 22.4 Å². The molecular weight excluding hydrogens is 326 g/mol. The predicted molar refractivity (Wildman–Crippen MR) is 80.7 cm³/mol. The number of halogens is 4. The van der Waals surface area contributed by atoms with Crippen molar-refractivity contribution in [2.45, 2.75) is 25.8 Å². The number of carbonyl (C=O) groups is 1. The summed E-state index contributed by atoms with van der Waals surface area (Å²) in [7, 11) is 0. The van der Waals surface area contributed by atoms with E-state index in [1.54, 1.807) is 24.3 Å². The first-order valence-electron chi connectivity index (χ1n) is 7.10. The Kier molecular flexibility index (Phi) is 5.56. The zero-order chi connectivity index (χ0) is 17.7. The van der Waals surface area contributed by atoms with Crippen LogP contribution in [0.2, 0.25) is 0 Å². The van der Waals surface area contributed by atoms with Crippen LogP contribution in [0.3, 0.4) is 0 Å². The lowest BCUT2D eigenvalue weighted by Crippen LogP contribution is -2.28. The maximum Gasteiger partial charge on any atom is 0.416 e. The summed E-state index contributed by atoms with van der Waals surface area (Å²) in [4.78, 5) is 12.0. The Hall–Kier alpha value is -2.41. The van der Waals surface area contributed by atoms with Gasteiger partial charge in [-0.05, 0) is 30.7 Å². The monoisotopic (exact) mass is 341 g/mol. The molecule has 0 heterocycles. The fraction of sp³-hybridized carbons (Fsp3) is 0.235. The van der Waals surface area contributed by atoms with Crippen LogP contribution in [-0.2, 0) is 22.3 Å². The van der Waals surface area contributed by atoms with Crippen LogP contribution in [-0.4, -0.2) is 12.0 Å². The Morgan fingerprint density at radius 2 is 1.83 bits per heavy atom. The molecular formula is C17H15F4NO2. The van der Waals surface area contributed by atoms with Gasteiger partial charge in [0.1, 0.15) is 11.9 Å². The Bertz CT molecular complexity index is 701. The molecule has 3 nitrogen and oxygen atoms in total. The van der Waals surface area contributed by atoms with E-state index >= 15 is 0 Å². The number of rotatable bonds is 5. The van der Waals surface area contributed by atoms with Gasteiger partial charge in [-0.1, -0.05) is 30.3 Å². The van der Waals surface area contributed by atoms with Crippen LogP contribution in [0.4, 0.5) is 23.2 Å². The highest BCUT2D eigenvalue weighted by Gasteiger charge is 2.31. The highest BCUT2D eigenvalue weighted by molar-refractivity contribution is 5.94. The van der Waals surface area contributed by atoms with Gasteiger partial charge in [0, 0.05) is 0 Å². The van der Waals surface area contributed by atoms with Crippen LogP contribution in [0.5, 0.6) is 0 Å². The Morgan fingerprint density at radius 1 is 1.17 bits per heavy atom. The van der Waals surface area contributed by atoms with Gasteiger partial charge in [0.25, 0.3) is 5.91 Å². The molecule has 7 heteroatoms. The number of benzene rings is 2. The number of carbonyl (C=O) groups excluding carboxylic acids is 1. The van der Waals surface area contributed by atoms with Crippen molar-refractivity contribution < 1.29 is 27.1 Å². The highest BCUT2D eigenvalue weighted by atomic mass is 19.4. The van der Waals surface area contributed by atoms with E-state index in [0.717, 1.165) is 5.56 Å². The number of alkyl halides is 3. The van der Waals surface area contributed by atoms with Gasteiger partial charge in [0.05, 0.1) is 17.9 Å². The van der Waals surface area contributed by atoms with E-state index in [0.29, 0.717) is 18.2 Å². The van der Waals surface area contributed by atoms with Crippen LogP contribution >= 0.6 is 0 Å². The van der Waals surface area contributed by atoms with Crippen LogP contribution in [0.25, 0.3) is 0 Å². The van der Waals surface area contributed by atoms with Crippen LogP contribution < -0.4 is 5.32 Å². The summed E-state index contributed by atoms with van der Waals surface area (Å²) in [6.07, 6.45) is -5.58. The average Bonchev–Trinajstić information content (AvgIpc) is 2.54. The molecule has 1 atom stereocenters.